The van der Waals surface area contributed by atoms with Gasteiger partial charge in [0, 0.05) is 9.92 Å². The standard InChI is InChI=1S/C16H13Cl3N2OS/c1-10(11-2-7-14(18)15(19)8-11)20-21-16(22)9-23-13-5-3-12(17)4-6-13/h2-8H,9H2,1H3,(H,21,22)/b20-10+. The summed E-state index contributed by atoms with van der Waals surface area (Å²) in [6.45, 7) is 1.78. The molecule has 0 aliphatic heterocycles. The van der Waals surface area contributed by atoms with E-state index in [2.05, 4.69) is 10.5 Å². The van der Waals surface area contributed by atoms with E-state index in [1.165, 1.54) is 11.8 Å². The Bertz CT molecular complexity index is 733. The molecule has 1 N–H and O–H groups in total. The van der Waals surface area contributed by atoms with E-state index in [0.29, 0.717) is 20.8 Å². The molecule has 0 atom stereocenters. The molecule has 0 aromatic heterocycles. The number of nitrogens with one attached hydrogen (secondary N) is 1. The zero-order valence-corrected chi connectivity index (χ0v) is 15.2. The number of amides is 1. The number of nitrogens with zero attached hydrogens (tertiary/aromatic N) is 1. The van der Waals surface area contributed by atoms with E-state index in [1.807, 2.05) is 12.1 Å². The van der Waals surface area contributed by atoms with Gasteiger partial charge in [-0.1, -0.05) is 40.9 Å². The van der Waals surface area contributed by atoms with Crippen LogP contribution in [0.1, 0.15) is 12.5 Å². The number of hydrogen-bond acceptors (Lipinski definition) is 3. The predicted octanol–water partition coefficient (Wildman–Crippen LogP) is 5.28. The normalized spacial score (nSPS) is 11.4. The first-order chi connectivity index (χ1) is 11.0. The van der Waals surface area contributed by atoms with E-state index in [-0.39, 0.29) is 11.7 Å². The molecule has 0 unspecified atom stereocenters. The van der Waals surface area contributed by atoms with Crippen molar-refractivity contribution in [1.29, 1.82) is 0 Å². The Morgan fingerprint density at radius 1 is 1.09 bits per heavy atom. The summed E-state index contributed by atoms with van der Waals surface area (Å²) in [5.41, 5.74) is 3.97. The minimum Gasteiger partial charge on any atom is -0.272 e. The van der Waals surface area contributed by atoms with Gasteiger partial charge in [0.1, 0.15) is 0 Å². The summed E-state index contributed by atoms with van der Waals surface area (Å²) in [5, 5.41) is 5.67. The average Bonchev–Trinajstić information content (AvgIpc) is 2.54. The van der Waals surface area contributed by atoms with Crippen molar-refractivity contribution in [3.63, 3.8) is 0 Å². The van der Waals surface area contributed by atoms with Gasteiger partial charge in [0.25, 0.3) is 0 Å². The molecule has 7 heteroatoms. The molecule has 0 aliphatic carbocycles. The molecule has 3 nitrogen and oxygen atoms in total. The van der Waals surface area contributed by atoms with Gasteiger partial charge in [-0.05, 0) is 48.9 Å². The highest BCUT2D eigenvalue weighted by Crippen LogP contribution is 2.23. The molecule has 23 heavy (non-hydrogen) atoms. The Morgan fingerprint density at radius 3 is 2.43 bits per heavy atom. The van der Waals surface area contributed by atoms with E-state index in [9.17, 15) is 4.79 Å². The second-order valence-corrected chi connectivity index (χ2v) is 6.90. The summed E-state index contributed by atoms with van der Waals surface area (Å²) in [6, 6.07) is 12.5. The van der Waals surface area contributed by atoms with Gasteiger partial charge in [-0.3, -0.25) is 4.79 Å². The second kappa shape index (κ2) is 8.60. The molecule has 0 saturated heterocycles. The minimum absolute atomic E-state index is 0.190. The fourth-order valence-corrected chi connectivity index (χ4v) is 2.76. The Labute approximate surface area is 154 Å². The number of halogens is 3. The summed E-state index contributed by atoms with van der Waals surface area (Å²) >= 11 is 19.1. The van der Waals surface area contributed by atoms with Crippen LogP contribution in [-0.4, -0.2) is 17.4 Å². The average molecular weight is 388 g/mol. The first-order valence-electron chi connectivity index (χ1n) is 6.62. The van der Waals surface area contributed by atoms with Crippen LogP contribution < -0.4 is 5.43 Å². The van der Waals surface area contributed by atoms with Crippen molar-refractivity contribution in [2.24, 2.45) is 5.10 Å². The van der Waals surface area contributed by atoms with E-state index in [0.717, 1.165) is 10.5 Å². The monoisotopic (exact) mass is 386 g/mol. The summed E-state index contributed by atoms with van der Waals surface area (Å²) in [4.78, 5) is 12.8. The Hall–Kier alpha value is -1.20. The van der Waals surface area contributed by atoms with E-state index >= 15 is 0 Å². The first kappa shape index (κ1) is 18.1. The summed E-state index contributed by atoms with van der Waals surface area (Å²) in [6.07, 6.45) is 0. The predicted molar refractivity (Wildman–Crippen MR) is 99.0 cm³/mol. The van der Waals surface area contributed by atoms with E-state index in [4.69, 9.17) is 34.8 Å². The molecule has 120 valence electrons. The minimum atomic E-state index is -0.190. The third-order valence-electron chi connectivity index (χ3n) is 2.87. The van der Waals surface area contributed by atoms with Crippen LogP contribution in [0.15, 0.2) is 52.5 Å². The van der Waals surface area contributed by atoms with Crippen molar-refractivity contribution in [2.75, 3.05) is 5.75 Å². The van der Waals surface area contributed by atoms with Crippen LogP contribution in [0.3, 0.4) is 0 Å². The molecule has 2 rings (SSSR count). The summed E-state index contributed by atoms with van der Waals surface area (Å²) in [5.74, 6) is 0.0733. The van der Waals surface area contributed by atoms with Crippen LogP contribution in [0.4, 0.5) is 0 Å². The van der Waals surface area contributed by atoms with E-state index < -0.39 is 0 Å². The second-order valence-electron chi connectivity index (χ2n) is 4.60. The molecule has 0 aliphatic rings. The van der Waals surface area contributed by atoms with Crippen LogP contribution >= 0.6 is 46.6 Å². The lowest BCUT2D eigenvalue weighted by atomic mass is 10.1. The summed E-state index contributed by atoms with van der Waals surface area (Å²) < 4.78 is 0. The molecule has 2 aromatic rings. The van der Waals surface area contributed by atoms with Gasteiger partial charge in [-0.25, -0.2) is 5.43 Å². The molecule has 0 spiro atoms. The molecule has 2 aromatic carbocycles. The highest BCUT2D eigenvalue weighted by atomic mass is 35.5. The van der Waals surface area contributed by atoms with Crippen LogP contribution in [0.25, 0.3) is 0 Å². The number of thioether (sulfide) groups is 1. The van der Waals surface area contributed by atoms with E-state index in [1.54, 1.807) is 37.3 Å². The maximum Gasteiger partial charge on any atom is 0.250 e. The van der Waals surface area contributed by atoms with Crippen molar-refractivity contribution < 1.29 is 4.79 Å². The molecular weight excluding hydrogens is 375 g/mol. The molecule has 0 heterocycles. The van der Waals surface area contributed by atoms with Crippen LogP contribution in [0.5, 0.6) is 0 Å². The zero-order valence-electron chi connectivity index (χ0n) is 12.1. The Balaban J connectivity index is 1.89. The molecule has 1 amide bonds. The Kier molecular flexibility index (Phi) is 6.78. The smallest absolute Gasteiger partial charge is 0.250 e. The highest BCUT2D eigenvalue weighted by Gasteiger charge is 2.05. The van der Waals surface area contributed by atoms with Gasteiger partial charge in [0.15, 0.2) is 0 Å². The van der Waals surface area contributed by atoms with Gasteiger partial charge in [-0.15, -0.1) is 11.8 Å². The number of carbonyl (C=O) groups excluding carboxylic acids is 1. The molecule has 0 fully saturated rings. The van der Waals surface area contributed by atoms with Crippen molar-refractivity contribution in [3.8, 4) is 0 Å². The van der Waals surface area contributed by atoms with Crippen molar-refractivity contribution in [3.05, 3.63) is 63.1 Å². The van der Waals surface area contributed by atoms with Gasteiger partial charge < -0.3 is 0 Å². The fraction of sp³-hybridized carbons (Fsp3) is 0.125. The maximum absolute atomic E-state index is 11.8. The molecule has 0 radical (unpaired) electrons. The molecule has 0 saturated carbocycles. The van der Waals surface area contributed by atoms with Crippen LogP contribution in [-0.2, 0) is 4.79 Å². The lowest BCUT2D eigenvalue weighted by molar-refractivity contribution is -0.118. The quantitative estimate of drug-likeness (QED) is 0.431. The maximum atomic E-state index is 11.8. The third-order valence-corrected chi connectivity index (χ3v) is 4.87. The molecule has 0 bridgehead atoms. The largest absolute Gasteiger partial charge is 0.272 e. The Morgan fingerprint density at radius 2 is 1.78 bits per heavy atom. The number of hydrogen-bond donors (Lipinski definition) is 1. The third kappa shape index (κ3) is 5.74. The number of carbonyl (C=O) groups is 1. The SMILES string of the molecule is C/C(=N\NC(=O)CSc1ccc(Cl)cc1)c1ccc(Cl)c(Cl)c1. The number of rotatable bonds is 5. The lowest BCUT2D eigenvalue weighted by Crippen LogP contribution is -2.21. The first-order valence-corrected chi connectivity index (χ1v) is 8.74. The van der Waals surface area contributed by atoms with Gasteiger partial charge in [-0.2, -0.15) is 5.10 Å². The van der Waals surface area contributed by atoms with Gasteiger partial charge >= 0.3 is 0 Å². The van der Waals surface area contributed by atoms with Gasteiger partial charge in [0.05, 0.1) is 21.5 Å². The number of hydrazone groups is 1. The van der Waals surface area contributed by atoms with Crippen LogP contribution in [0, 0.1) is 0 Å². The lowest BCUT2D eigenvalue weighted by Gasteiger charge is -2.04. The fourth-order valence-electron chi connectivity index (χ4n) is 1.64. The highest BCUT2D eigenvalue weighted by molar-refractivity contribution is 8.00. The zero-order chi connectivity index (χ0) is 16.8. The van der Waals surface area contributed by atoms with Gasteiger partial charge in [0.2, 0.25) is 5.91 Å². The topological polar surface area (TPSA) is 41.5 Å². The summed E-state index contributed by atoms with van der Waals surface area (Å²) in [7, 11) is 0. The van der Waals surface area contributed by atoms with Crippen molar-refractivity contribution in [1.82, 2.24) is 5.43 Å². The number of benzene rings is 2. The van der Waals surface area contributed by atoms with Crippen molar-refractivity contribution in [2.45, 2.75) is 11.8 Å². The molecular formula is C16H13Cl3N2OS. The van der Waals surface area contributed by atoms with Crippen molar-refractivity contribution >= 4 is 58.2 Å². The van der Waals surface area contributed by atoms with Crippen LogP contribution in [0.2, 0.25) is 15.1 Å².